The maximum absolute atomic E-state index is 13.9. The van der Waals surface area contributed by atoms with Gasteiger partial charge < -0.3 is 19.3 Å². The number of aliphatic hydroxyl groups is 1. The van der Waals surface area contributed by atoms with Crippen LogP contribution >= 0.6 is 0 Å². The van der Waals surface area contributed by atoms with E-state index in [2.05, 4.69) is 4.90 Å². The fourth-order valence-corrected chi connectivity index (χ4v) is 4.26. The van der Waals surface area contributed by atoms with Crippen molar-refractivity contribution in [3.8, 4) is 17.3 Å². The maximum Gasteiger partial charge on any atom is 0.227 e. The summed E-state index contributed by atoms with van der Waals surface area (Å²) in [6.07, 6.45) is 1.51. The number of aryl methyl sites for hydroxylation is 1. The summed E-state index contributed by atoms with van der Waals surface area (Å²) < 4.78 is 32.9. The maximum atomic E-state index is 13.9. The Morgan fingerprint density at radius 3 is 2.76 bits per heavy atom. The third-order valence-electron chi connectivity index (χ3n) is 5.84. The third kappa shape index (κ3) is 6.21. The summed E-state index contributed by atoms with van der Waals surface area (Å²) >= 11 is 0. The van der Waals surface area contributed by atoms with Gasteiger partial charge in [-0.05, 0) is 44.0 Å². The average molecular weight is 470 g/mol. The van der Waals surface area contributed by atoms with Crippen LogP contribution in [0.25, 0.3) is 5.69 Å². The fraction of sp³-hybridized carbons (Fsp3) is 0.423. The SMILES string of the molecule is COC[C@@H](O)CN(Cc1c(C)nn(-c2ccccc2)c1Oc1cccc(F)c1)C[C@@H]1CCCO1. The zero-order chi connectivity index (χ0) is 23.9. The van der Waals surface area contributed by atoms with Gasteiger partial charge in [0, 0.05) is 39.4 Å². The standard InChI is InChI=1S/C26H32FN3O4/c1-19-25(17-29(15-22(31)18-32-2)16-24-12-7-13-33-24)26(34-23-11-6-8-20(27)14-23)30(28-19)21-9-4-3-5-10-21/h3-6,8-11,14,22,24,31H,7,12-13,15-18H2,1-2H3/t22-,24-/m0/s1. The van der Waals surface area contributed by atoms with E-state index in [1.807, 2.05) is 37.3 Å². The summed E-state index contributed by atoms with van der Waals surface area (Å²) in [7, 11) is 1.58. The molecule has 1 fully saturated rings. The molecule has 1 aliphatic heterocycles. The second-order valence-corrected chi connectivity index (χ2v) is 8.61. The molecule has 34 heavy (non-hydrogen) atoms. The van der Waals surface area contributed by atoms with E-state index in [1.165, 1.54) is 12.1 Å². The second-order valence-electron chi connectivity index (χ2n) is 8.61. The molecule has 0 bridgehead atoms. The zero-order valence-electron chi connectivity index (χ0n) is 19.7. The number of rotatable bonds is 11. The number of ether oxygens (including phenoxy) is 3. The molecule has 7 nitrogen and oxygen atoms in total. The number of aromatic nitrogens is 2. The summed E-state index contributed by atoms with van der Waals surface area (Å²) in [5.41, 5.74) is 2.51. The first-order valence-electron chi connectivity index (χ1n) is 11.6. The Kier molecular flexibility index (Phi) is 8.29. The van der Waals surface area contributed by atoms with E-state index >= 15 is 0 Å². The molecule has 2 aromatic carbocycles. The molecule has 1 saturated heterocycles. The quantitative estimate of drug-likeness (QED) is 0.456. The zero-order valence-corrected chi connectivity index (χ0v) is 19.7. The minimum atomic E-state index is -0.636. The number of halogens is 1. The number of hydrogen-bond donors (Lipinski definition) is 1. The normalized spacial score (nSPS) is 16.8. The molecule has 1 N–H and O–H groups in total. The van der Waals surface area contributed by atoms with Crippen molar-refractivity contribution in [3.05, 3.63) is 71.7 Å². The number of methoxy groups -OCH3 is 1. The first kappa shape index (κ1) is 24.3. The highest BCUT2D eigenvalue weighted by Crippen LogP contribution is 2.32. The molecule has 3 aromatic rings. The third-order valence-corrected chi connectivity index (χ3v) is 5.84. The van der Waals surface area contributed by atoms with Gasteiger partial charge in [0.25, 0.3) is 0 Å². The molecular weight excluding hydrogens is 437 g/mol. The molecule has 4 rings (SSSR count). The molecule has 0 saturated carbocycles. The predicted molar refractivity (Wildman–Crippen MR) is 127 cm³/mol. The van der Waals surface area contributed by atoms with Crippen LogP contribution in [0.1, 0.15) is 24.1 Å². The van der Waals surface area contributed by atoms with Crippen LogP contribution in [-0.2, 0) is 16.0 Å². The van der Waals surface area contributed by atoms with Crippen LogP contribution in [0, 0.1) is 12.7 Å². The van der Waals surface area contributed by atoms with Gasteiger partial charge in [-0.25, -0.2) is 9.07 Å². The van der Waals surface area contributed by atoms with Crippen LogP contribution < -0.4 is 4.74 Å². The van der Waals surface area contributed by atoms with Crippen LogP contribution in [0.5, 0.6) is 11.6 Å². The summed E-state index contributed by atoms with van der Waals surface area (Å²) in [6.45, 7) is 4.53. The molecule has 2 heterocycles. The minimum Gasteiger partial charge on any atom is -0.438 e. The van der Waals surface area contributed by atoms with Gasteiger partial charge in [0.15, 0.2) is 0 Å². The average Bonchev–Trinajstić information content (AvgIpc) is 3.43. The van der Waals surface area contributed by atoms with Gasteiger partial charge in [-0.15, -0.1) is 0 Å². The van der Waals surface area contributed by atoms with Crippen LogP contribution in [0.15, 0.2) is 54.6 Å². The Morgan fingerprint density at radius 2 is 2.06 bits per heavy atom. The van der Waals surface area contributed by atoms with Gasteiger partial charge in [-0.3, -0.25) is 4.90 Å². The number of nitrogens with zero attached hydrogens (tertiary/aromatic N) is 3. The molecule has 0 aliphatic carbocycles. The number of aliphatic hydroxyl groups excluding tert-OH is 1. The number of hydrogen-bond acceptors (Lipinski definition) is 6. The summed E-state index contributed by atoms with van der Waals surface area (Å²) in [5.74, 6) is 0.542. The van der Waals surface area contributed by atoms with E-state index in [0.717, 1.165) is 36.4 Å². The van der Waals surface area contributed by atoms with Crippen LogP contribution in [0.3, 0.4) is 0 Å². The monoisotopic (exact) mass is 469 g/mol. The highest BCUT2D eigenvalue weighted by Gasteiger charge is 2.26. The lowest BCUT2D eigenvalue weighted by Gasteiger charge is -2.27. The first-order valence-corrected chi connectivity index (χ1v) is 11.6. The molecule has 0 unspecified atom stereocenters. The Hall–Kier alpha value is -2.78. The molecule has 0 radical (unpaired) electrons. The minimum absolute atomic E-state index is 0.117. The predicted octanol–water partition coefficient (Wildman–Crippen LogP) is 4.10. The van der Waals surface area contributed by atoms with E-state index in [1.54, 1.807) is 23.9 Å². The van der Waals surface area contributed by atoms with Crippen molar-refractivity contribution < 1.29 is 23.7 Å². The van der Waals surface area contributed by atoms with Crippen molar-refractivity contribution in [1.29, 1.82) is 0 Å². The van der Waals surface area contributed by atoms with Gasteiger partial charge in [0.05, 0.1) is 35.8 Å². The van der Waals surface area contributed by atoms with Crippen molar-refractivity contribution in [2.24, 2.45) is 0 Å². The highest BCUT2D eigenvalue weighted by molar-refractivity contribution is 5.43. The van der Waals surface area contributed by atoms with Gasteiger partial charge in [0.1, 0.15) is 11.6 Å². The Balaban J connectivity index is 1.68. The Labute approximate surface area is 199 Å². The van der Waals surface area contributed by atoms with Crippen molar-refractivity contribution in [1.82, 2.24) is 14.7 Å². The Bertz CT molecular complexity index is 1050. The van der Waals surface area contributed by atoms with Crippen LogP contribution in [0.2, 0.25) is 0 Å². The van der Waals surface area contributed by atoms with E-state index in [4.69, 9.17) is 19.3 Å². The van der Waals surface area contributed by atoms with E-state index < -0.39 is 6.10 Å². The fourth-order valence-electron chi connectivity index (χ4n) is 4.26. The molecule has 8 heteroatoms. The topological polar surface area (TPSA) is 69.0 Å². The van der Waals surface area contributed by atoms with Gasteiger partial charge >= 0.3 is 0 Å². The largest absolute Gasteiger partial charge is 0.438 e. The van der Waals surface area contributed by atoms with Crippen molar-refractivity contribution in [3.63, 3.8) is 0 Å². The molecule has 1 aliphatic rings. The highest BCUT2D eigenvalue weighted by atomic mass is 19.1. The molecule has 2 atom stereocenters. The smallest absolute Gasteiger partial charge is 0.227 e. The molecular formula is C26H32FN3O4. The lowest BCUT2D eigenvalue weighted by molar-refractivity contribution is 0.0155. The van der Waals surface area contributed by atoms with Crippen molar-refractivity contribution in [2.75, 3.05) is 33.4 Å². The first-order chi connectivity index (χ1) is 16.5. The molecule has 1 aromatic heterocycles. The van der Waals surface area contributed by atoms with Gasteiger partial charge in [0.2, 0.25) is 5.88 Å². The number of para-hydroxylation sites is 1. The number of benzene rings is 2. The second kappa shape index (κ2) is 11.6. The van der Waals surface area contributed by atoms with Gasteiger partial charge in [-0.1, -0.05) is 24.3 Å². The lowest BCUT2D eigenvalue weighted by atomic mass is 10.1. The molecule has 0 amide bonds. The van der Waals surface area contributed by atoms with Crippen molar-refractivity contribution >= 4 is 0 Å². The van der Waals surface area contributed by atoms with E-state index in [9.17, 15) is 9.50 Å². The van der Waals surface area contributed by atoms with Crippen LogP contribution in [0.4, 0.5) is 4.39 Å². The molecule has 182 valence electrons. The Morgan fingerprint density at radius 1 is 1.24 bits per heavy atom. The van der Waals surface area contributed by atoms with Crippen molar-refractivity contribution in [2.45, 2.75) is 38.5 Å². The lowest BCUT2D eigenvalue weighted by Crippen LogP contribution is -2.39. The summed E-state index contributed by atoms with van der Waals surface area (Å²) in [6, 6.07) is 15.8. The van der Waals surface area contributed by atoms with E-state index in [-0.39, 0.29) is 18.5 Å². The molecule has 0 spiro atoms. The summed E-state index contributed by atoms with van der Waals surface area (Å²) in [4.78, 5) is 2.15. The van der Waals surface area contributed by atoms with Crippen LogP contribution in [-0.4, -0.2) is 65.4 Å². The van der Waals surface area contributed by atoms with E-state index in [0.29, 0.717) is 31.3 Å². The summed E-state index contributed by atoms with van der Waals surface area (Å²) in [5, 5.41) is 15.2. The van der Waals surface area contributed by atoms with Gasteiger partial charge in [-0.2, -0.15) is 5.10 Å².